The fourth-order valence-corrected chi connectivity index (χ4v) is 3.14. The molecule has 4 nitrogen and oxygen atoms in total. The molecule has 17 heavy (non-hydrogen) atoms. The van der Waals surface area contributed by atoms with E-state index in [1.807, 2.05) is 19.2 Å². The zero-order valence-corrected chi connectivity index (χ0v) is 12.1. The highest BCUT2D eigenvalue weighted by atomic mass is 79.9. The second kappa shape index (κ2) is 5.20. The van der Waals surface area contributed by atoms with Crippen LogP contribution in [0.1, 0.15) is 5.56 Å². The predicted molar refractivity (Wildman–Crippen MR) is 74.7 cm³/mol. The Hall–Kier alpha value is -0.850. The molecule has 6 heteroatoms. The maximum absolute atomic E-state index is 12.0. The van der Waals surface area contributed by atoms with Gasteiger partial charge >= 0.3 is 0 Å². The molecule has 0 saturated heterocycles. The molecule has 0 spiro atoms. The molecule has 92 valence electrons. The quantitative estimate of drug-likeness (QED) is 0.906. The number of nitrogens with one attached hydrogen (secondary N) is 2. The van der Waals surface area contributed by atoms with Crippen LogP contribution in [0.5, 0.6) is 0 Å². The standard InChI is InChI=1S/C11H14BrN3OS/c1-13-6-5-7-10(14-15(2)11(7)16)8-3-4-9(12)17-8/h3-4,13-14H,5-6H2,1-2H3. The lowest BCUT2D eigenvalue weighted by Gasteiger charge is -1.99. The Balaban J connectivity index is 2.46. The van der Waals surface area contributed by atoms with Gasteiger partial charge in [-0.2, -0.15) is 0 Å². The first-order chi connectivity index (χ1) is 8.13. The summed E-state index contributed by atoms with van der Waals surface area (Å²) in [5, 5.41) is 6.19. The van der Waals surface area contributed by atoms with Gasteiger partial charge in [-0.15, -0.1) is 11.3 Å². The largest absolute Gasteiger partial charge is 0.319 e. The average molecular weight is 316 g/mol. The predicted octanol–water partition coefficient (Wildman–Crippen LogP) is 1.97. The first-order valence-corrected chi connectivity index (χ1v) is 6.92. The molecule has 0 aliphatic rings. The molecule has 0 aliphatic carbocycles. The van der Waals surface area contributed by atoms with Gasteiger partial charge in [0.1, 0.15) is 0 Å². The van der Waals surface area contributed by atoms with Gasteiger partial charge in [-0.25, -0.2) is 0 Å². The Labute approximate surface area is 112 Å². The third-order valence-corrected chi connectivity index (χ3v) is 4.23. The van der Waals surface area contributed by atoms with E-state index in [-0.39, 0.29) is 5.56 Å². The van der Waals surface area contributed by atoms with Crippen molar-refractivity contribution in [2.24, 2.45) is 7.05 Å². The summed E-state index contributed by atoms with van der Waals surface area (Å²) in [7, 11) is 3.63. The minimum Gasteiger partial charge on any atom is -0.319 e. The second-order valence-corrected chi connectivity index (χ2v) is 6.25. The number of aromatic nitrogens is 2. The van der Waals surface area contributed by atoms with E-state index in [2.05, 4.69) is 26.3 Å². The van der Waals surface area contributed by atoms with E-state index in [1.54, 1.807) is 18.4 Å². The Kier molecular flexibility index (Phi) is 3.86. The molecule has 0 aromatic carbocycles. The fraction of sp³-hybridized carbons (Fsp3) is 0.364. The molecule has 0 saturated carbocycles. The van der Waals surface area contributed by atoms with E-state index in [1.165, 1.54) is 4.68 Å². The molecule has 0 fully saturated rings. The first-order valence-electron chi connectivity index (χ1n) is 5.31. The second-order valence-electron chi connectivity index (χ2n) is 3.79. The lowest BCUT2D eigenvalue weighted by molar-refractivity contribution is 0.734. The fourth-order valence-electron chi connectivity index (χ4n) is 1.73. The molecule has 0 atom stereocenters. The van der Waals surface area contributed by atoms with Crippen molar-refractivity contribution in [3.05, 3.63) is 31.8 Å². The van der Waals surface area contributed by atoms with E-state index in [0.717, 1.165) is 32.9 Å². The monoisotopic (exact) mass is 315 g/mol. The van der Waals surface area contributed by atoms with Gasteiger partial charge in [-0.1, -0.05) is 0 Å². The van der Waals surface area contributed by atoms with Gasteiger partial charge in [0, 0.05) is 12.6 Å². The van der Waals surface area contributed by atoms with Crippen molar-refractivity contribution in [2.45, 2.75) is 6.42 Å². The molecule has 2 N–H and O–H groups in total. The van der Waals surface area contributed by atoms with E-state index < -0.39 is 0 Å². The number of thiophene rings is 1. The van der Waals surface area contributed by atoms with Crippen molar-refractivity contribution in [2.75, 3.05) is 13.6 Å². The van der Waals surface area contributed by atoms with Gasteiger partial charge in [0.2, 0.25) is 0 Å². The van der Waals surface area contributed by atoms with Crippen LogP contribution in [-0.4, -0.2) is 23.4 Å². The lowest BCUT2D eigenvalue weighted by Crippen LogP contribution is -2.19. The summed E-state index contributed by atoms with van der Waals surface area (Å²) in [5.74, 6) is 0. The molecule has 0 bridgehead atoms. The summed E-state index contributed by atoms with van der Waals surface area (Å²) >= 11 is 5.06. The normalized spacial score (nSPS) is 11.0. The van der Waals surface area contributed by atoms with Gasteiger partial charge in [0.05, 0.1) is 14.4 Å². The number of halogens is 1. The van der Waals surface area contributed by atoms with Crippen molar-refractivity contribution >= 4 is 27.3 Å². The summed E-state index contributed by atoms with van der Waals surface area (Å²) in [6.45, 7) is 0.798. The third-order valence-electron chi connectivity index (χ3n) is 2.59. The van der Waals surface area contributed by atoms with Crippen LogP contribution in [0.4, 0.5) is 0 Å². The Bertz CT molecular complexity index is 570. The van der Waals surface area contributed by atoms with Crippen LogP contribution >= 0.6 is 27.3 Å². The molecule has 2 rings (SSSR count). The average Bonchev–Trinajstić information content (AvgIpc) is 2.83. The Morgan fingerprint density at radius 2 is 2.29 bits per heavy atom. The molecular weight excluding hydrogens is 302 g/mol. The van der Waals surface area contributed by atoms with Crippen LogP contribution < -0.4 is 10.9 Å². The molecule has 0 aliphatic heterocycles. The van der Waals surface area contributed by atoms with Crippen molar-refractivity contribution in [1.29, 1.82) is 0 Å². The maximum Gasteiger partial charge on any atom is 0.270 e. The van der Waals surface area contributed by atoms with Crippen molar-refractivity contribution in [3.63, 3.8) is 0 Å². The van der Waals surface area contributed by atoms with Crippen LogP contribution in [0.2, 0.25) is 0 Å². The minimum absolute atomic E-state index is 0.0553. The highest BCUT2D eigenvalue weighted by Gasteiger charge is 2.14. The number of hydrogen-bond donors (Lipinski definition) is 2. The molecule has 2 aromatic rings. The molecule has 0 amide bonds. The number of rotatable bonds is 4. The van der Waals surface area contributed by atoms with E-state index in [9.17, 15) is 4.79 Å². The smallest absolute Gasteiger partial charge is 0.270 e. The molecule has 0 radical (unpaired) electrons. The van der Waals surface area contributed by atoms with Crippen molar-refractivity contribution < 1.29 is 0 Å². The van der Waals surface area contributed by atoms with Gasteiger partial charge in [0.25, 0.3) is 5.56 Å². The highest BCUT2D eigenvalue weighted by molar-refractivity contribution is 9.11. The molecular formula is C11H14BrN3OS. The lowest BCUT2D eigenvalue weighted by atomic mass is 10.1. The Morgan fingerprint density at radius 3 is 2.88 bits per heavy atom. The van der Waals surface area contributed by atoms with Crippen LogP contribution in [-0.2, 0) is 13.5 Å². The summed E-state index contributed by atoms with van der Waals surface area (Å²) in [6, 6.07) is 4.01. The van der Waals surface area contributed by atoms with Gasteiger partial charge < -0.3 is 5.32 Å². The van der Waals surface area contributed by atoms with E-state index in [0.29, 0.717) is 0 Å². The molecule has 2 aromatic heterocycles. The van der Waals surface area contributed by atoms with Crippen molar-refractivity contribution in [1.82, 2.24) is 15.1 Å². The number of likely N-dealkylation sites (N-methyl/N-ethyl adjacent to an activating group) is 1. The number of aryl methyl sites for hydroxylation is 1. The van der Waals surface area contributed by atoms with Crippen LogP contribution in [0.25, 0.3) is 10.6 Å². The van der Waals surface area contributed by atoms with Crippen molar-refractivity contribution in [3.8, 4) is 10.6 Å². The number of H-pyrrole nitrogens is 1. The summed E-state index contributed by atoms with van der Waals surface area (Å²) in [6.07, 6.45) is 0.734. The summed E-state index contributed by atoms with van der Waals surface area (Å²) < 4.78 is 2.60. The zero-order chi connectivity index (χ0) is 12.4. The third kappa shape index (κ3) is 2.53. The highest BCUT2D eigenvalue weighted by Crippen LogP contribution is 2.31. The molecule has 0 unspecified atom stereocenters. The van der Waals surface area contributed by atoms with Crippen LogP contribution in [0, 0.1) is 0 Å². The maximum atomic E-state index is 12.0. The van der Waals surface area contributed by atoms with Gasteiger partial charge in [0.15, 0.2) is 0 Å². The molecule has 2 heterocycles. The summed E-state index contributed by atoms with van der Waals surface area (Å²) in [5.41, 5.74) is 1.83. The number of nitrogens with zero attached hydrogens (tertiary/aromatic N) is 1. The Morgan fingerprint density at radius 1 is 1.53 bits per heavy atom. The summed E-state index contributed by atoms with van der Waals surface area (Å²) in [4.78, 5) is 13.1. The van der Waals surface area contributed by atoms with E-state index >= 15 is 0 Å². The minimum atomic E-state index is 0.0553. The SMILES string of the molecule is CNCCc1c(-c2ccc(Br)s2)[nH]n(C)c1=O. The number of hydrogen-bond acceptors (Lipinski definition) is 3. The van der Waals surface area contributed by atoms with Gasteiger partial charge in [-0.3, -0.25) is 14.6 Å². The number of aromatic amines is 1. The van der Waals surface area contributed by atoms with Crippen LogP contribution in [0.3, 0.4) is 0 Å². The van der Waals surface area contributed by atoms with E-state index in [4.69, 9.17) is 0 Å². The zero-order valence-electron chi connectivity index (χ0n) is 9.71. The van der Waals surface area contributed by atoms with Crippen LogP contribution in [0.15, 0.2) is 20.7 Å². The topological polar surface area (TPSA) is 49.8 Å². The first kappa shape index (κ1) is 12.6. The van der Waals surface area contributed by atoms with Gasteiger partial charge in [-0.05, 0) is 48.1 Å².